The molecular weight excluding hydrogens is 225 g/mol. The number of rotatable bonds is 2. The Morgan fingerprint density at radius 3 is 2.71 bits per heavy atom. The lowest BCUT2D eigenvalue weighted by Gasteiger charge is -2.32. The van der Waals surface area contributed by atoms with Crippen LogP contribution in [0.4, 0.5) is 5.69 Å². The number of nitrogens with zero attached hydrogens (tertiary/aromatic N) is 2. The average molecular weight is 234 g/mol. The van der Waals surface area contributed by atoms with E-state index in [1.54, 1.807) is 6.07 Å². The Balaban J connectivity index is 2.05. The Morgan fingerprint density at radius 1 is 1.36 bits per heavy atom. The molecule has 0 bridgehead atoms. The molecule has 2 N–H and O–H groups in total. The van der Waals surface area contributed by atoms with E-state index < -0.39 is 0 Å². The van der Waals surface area contributed by atoms with E-state index in [-0.39, 0.29) is 12.1 Å². The van der Waals surface area contributed by atoms with Crippen molar-refractivity contribution >= 4 is 28.9 Å². The van der Waals surface area contributed by atoms with Crippen LogP contribution < -0.4 is 5.32 Å². The summed E-state index contributed by atoms with van der Waals surface area (Å²) in [5, 5.41) is 20.1. The van der Waals surface area contributed by atoms with Crippen molar-refractivity contribution in [2.75, 3.05) is 5.32 Å². The van der Waals surface area contributed by atoms with Crippen molar-refractivity contribution < 1.29 is 5.11 Å². The number of hydrogen-bond acceptors (Lipinski definition) is 4. The number of aliphatic hydroxyl groups excluding tert-OH is 1. The molecule has 0 amide bonds. The minimum atomic E-state index is -0.198. The number of aliphatic hydroxyl groups is 1. The Morgan fingerprint density at radius 2 is 2.07 bits per heavy atom. The van der Waals surface area contributed by atoms with E-state index in [1.165, 1.54) is 0 Å². The quantitative estimate of drug-likeness (QED) is 0.817. The van der Waals surface area contributed by atoms with Gasteiger partial charge in [0.1, 0.15) is 0 Å². The summed E-state index contributed by atoms with van der Waals surface area (Å²) >= 11 is 11.5. The average Bonchev–Trinajstić information content (AvgIpc) is 2.09. The normalized spacial score (nSPS) is 25.6. The van der Waals surface area contributed by atoms with Crippen LogP contribution in [0.15, 0.2) is 6.07 Å². The Bertz CT molecular complexity index is 341. The van der Waals surface area contributed by atoms with Gasteiger partial charge in [-0.05, 0) is 12.8 Å². The number of hydrogen-bond donors (Lipinski definition) is 2. The molecule has 0 unspecified atom stereocenters. The highest BCUT2D eigenvalue weighted by Crippen LogP contribution is 2.27. The predicted molar refractivity (Wildman–Crippen MR) is 54.7 cm³/mol. The fourth-order valence-electron chi connectivity index (χ4n) is 1.38. The largest absolute Gasteiger partial charge is 0.393 e. The van der Waals surface area contributed by atoms with Gasteiger partial charge in [0.15, 0.2) is 10.3 Å². The van der Waals surface area contributed by atoms with Gasteiger partial charge in [0.05, 0.1) is 11.8 Å². The predicted octanol–water partition coefficient (Wildman–Crippen LogP) is 1.72. The third-order valence-electron chi connectivity index (χ3n) is 2.19. The molecule has 14 heavy (non-hydrogen) atoms. The Kier molecular flexibility index (Phi) is 2.76. The van der Waals surface area contributed by atoms with Crippen molar-refractivity contribution in [2.24, 2.45) is 0 Å². The van der Waals surface area contributed by atoms with Crippen LogP contribution in [0.2, 0.25) is 10.3 Å². The highest BCUT2D eigenvalue weighted by Gasteiger charge is 2.27. The molecule has 1 aromatic rings. The molecule has 1 aliphatic carbocycles. The zero-order chi connectivity index (χ0) is 10.1. The molecule has 1 heterocycles. The number of nitrogens with one attached hydrogen (secondary N) is 1. The first-order chi connectivity index (χ1) is 6.65. The van der Waals surface area contributed by atoms with E-state index in [1.807, 2.05) is 0 Å². The van der Waals surface area contributed by atoms with Gasteiger partial charge in [-0.2, -0.15) is 0 Å². The van der Waals surface area contributed by atoms with Crippen LogP contribution in [0.3, 0.4) is 0 Å². The monoisotopic (exact) mass is 233 g/mol. The number of aromatic nitrogens is 2. The molecule has 1 aliphatic rings. The van der Waals surface area contributed by atoms with E-state index >= 15 is 0 Å². The van der Waals surface area contributed by atoms with Crippen LogP contribution in [-0.2, 0) is 0 Å². The van der Waals surface area contributed by atoms with E-state index in [0.29, 0.717) is 16.0 Å². The third kappa shape index (κ3) is 2.08. The standard InChI is InChI=1S/C8H9Cl2N3O/c9-7-3-6(8(10)13-12-7)11-4-1-5(14)2-4/h3-5,14H,1-2H2,(H,11,12). The van der Waals surface area contributed by atoms with Gasteiger partial charge in [-0.3, -0.25) is 0 Å². The smallest absolute Gasteiger partial charge is 0.174 e. The minimum Gasteiger partial charge on any atom is -0.393 e. The van der Waals surface area contributed by atoms with Gasteiger partial charge >= 0.3 is 0 Å². The summed E-state index contributed by atoms with van der Waals surface area (Å²) in [6.07, 6.45) is 1.27. The molecule has 0 atom stereocenters. The van der Waals surface area contributed by atoms with Crippen LogP contribution in [0.1, 0.15) is 12.8 Å². The van der Waals surface area contributed by atoms with Crippen LogP contribution in [0.25, 0.3) is 0 Å². The zero-order valence-corrected chi connectivity index (χ0v) is 8.76. The van der Waals surface area contributed by atoms with Gasteiger partial charge in [-0.15, -0.1) is 10.2 Å². The maximum absolute atomic E-state index is 9.09. The minimum absolute atomic E-state index is 0.198. The summed E-state index contributed by atoms with van der Waals surface area (Å²) in [5.74, 6) is 0. The molecule has 0 saturated heterocycles. The third-order valence-corrected chi connectivity index (χ3v) is 2.66. The lowest BCUT2D eigenvalue weighted by atomic mass is 9.89. The molecule has 1 fully saturated rings. The van der Waals surface area contributed by atoms with Crippen molar-refractivity contribution in [1.29, 1.82) is 0 Å². The maximum Gasteiger partial charge on any atom is 0.174 e. The molecule has 76 valence electrons. The second kappa shape index (κ2) is 3.88. The molecule has 4 nitrogen and oxygen atoms in total. The van der Waals surface area contributed by atoms with Crippen LogP contribution in [-0.4, -0.2) is 27.4 Å². The van der Waals surface area contributed by atoms with Gasteiger partial charge in [0.25, 0.3) is 0 Å². The van der Waals surface area contributed by atoms with Gasteiger partial charge in [-0.1, -0.05) is 23.2 Å². The zero-order valence-electron chi connectivity index (χ0n) is 7.24. The molecule has 1 saturated carbocycles. The lowest BCUT2D eigenvalue weighted by Crippen LogP contribution is -2.39. The van der Waals surface area contributed by atoms with Crippen LogP contribution in [0, 0.1) is 0 Å². The van der Waals surface area contributed by atoms with E-state index in [9.17, 15) is 0 Å². The van der Waals surface area contributed by atoms with Gasteiger partial charge < -0.3 is 10.4 Å². The second-order valence-electron chi connectivity index (χ2n) is 3.34. The van der Waals surface area contributed by atoms with Gasteiger partial charge in [-0.25, -0.2) is 0 Å². The van der Waals surface area contributed by atoms with Crippen molar-refractivity contribution in [3.63, 3.8) is 0 Å². The van der Waals surface area contributed by atoms with Crippen LogP contribution >= 0.6 is 23.2 Å². The molecule has 0 spiro atoms. The van der Waals surface area contributed by atoms with Gasteiger partial charge in [0.2, 0.25) is 0 Å². The molecule has 2 rings (SSSR count). The topological polar surface area (TPSA) is 58.0 Å². The highest BCUT2D eigenvalue weighted by molar-refractivity contribution is 6.33. The lowest BCUT2D eigenvalue weighted by molar-refractivity contribution is 0.0836. The summed E-state index contributed by atoms with van der Waals surface area (Å²) < 4.78 is 0. The molecular formula is C8H9Cl2N3O. The molecule has 0 aromatic carbocycles. The first-order valence-electron chi connectivity index (χ1n) is 4.28. The summed E-state index contributed by atoms with van der Waals surface area (Å²) in [7, 11) is 0. The number of anilines is 1. The van der Waals surface area contributed by atoms with Crippen molar-refractivity contribution in [1.82, 2.24) is 10.2 Å². The highest BCUT2D eigenvalue weighted by atomic mass is 35.5. The summed E-state index contributed by atoms with van der Waals surface area (Å²) in [6, 6.07) is 1.88. The SMILES string of the molecule is OC1CC(Nc2cc(Cl)nnc2Cl)C1. The summed E-state index contributed by atoms with van der Waals surface area (Å²) in [6.45, 7) is 0. The number of halogens is 2. The van der Waals surface area contributed by atoms with Gasteiger partial charge in [0, 0.05) is 12.1 Å². The van der Waals surface area contributed by atoms with E-state index in [2.05, 4.69) is 15.5 Å². The van der Waals surface area contributed by atoms with E-state index in [0.717, 1.165) is 12.8 Å². The molecule has 0 aliphatic heterocycles. The first kappa shape index (κ1) is 9.96. The summed E-state index contributed by atoms with van der Waals surface area (Å²) in [4.78, 5) is 0. The fraction of sp³-hybridized carbons (Fsp3) is 0.500. The second-order valence-corrected chi connectivity index (χ2v) is 4.08. The molecule has 6 heteroatoms. The maximum atomic E-state index is 9.09. The van der Waals surface area contributed by atoms with Crippen molar-refractivity contribution in [2.45, 2.75) is 25.0 Å². The van der Waals surface area contributed by atoms with Crippen molar-refractivity contribution in [3.05, 3.63) is 16.4 Å². The molecule has 1 aromatic heterocycles. The van der Waals surface area contributed by atoms with Crippen molar-refractivity contribution in [3.8, 4) is 0 Å². The van der Waals surface area contributed by atoms with Crippen LogP contribution in [0.5, 0.6) is 0 Å². The first-order valence-corrected chi connectivity index (χ1v) is 5.04. The van der Waals surface area contributed by atoms with E-state index in [4.69, 9.17) is 28.3 Å². The Labute approximate surface area is 91.2 Å². The molecule has 0 radical (unpaired) electrons. The fourth-order valence-corrected chi connectivity index (χ4v) is 1.67. The summed E-state index contributed by atoms with van der Waals surface area (Å²) in [5.41, 5.74) is 0.670. The Hall–Kier alpha value is -0.580.